The summed E-state index contributed by atoms with van der Waals surface area (Å²) < 4.78 is 0. The number of fused-ring (bicyclic) bond motifs is 2. The zero-order chi connectivity index (χ0) is 37.0. The normalized spacial score (nSPS) is 21.2. The summed E-state index contributed by atoms with van der Waals surface area (Å²) in [4.78, 5) is 48.8. The molecule has 4 atom stereocenters. The molecule has 0 bridgehead atoms. The van der Waals surface area contributed by atoms with Crippen LogP contribution in [0.1, 0.15) is 89.8 Å². The van der Waals surface area contributed by atoms with E-state index in [4.69, 9.17) is 9.97 Å². The number of likely N-dealkylation sites (tertiary alicyclic amines) is 1. The van der Waals surface area contributed by atoms with Gasteiger partial charge in [0.15, 0.2) is 0 Å². The first-order valence-electron chi connectivity index (χ1n) is 19.5. The monoisotopic (exact) mass is 743 g/mol. The van der Waals surface area contributed by atoms with Crippen molar-refractivity contribution in [1.29, 1.82) is 0 Å². The average Bonchev–Trinajstić information content (AvgIpc) is 3.52. The molecule has 4 unspecified atom stereocenters. The number of hydrogen-bond donors (Lipinski definition) is 2. The van der Waals surface area contributed by atoms with E-state index in [0.717, 1.165) is 107 Å². The number of aromatic amines is 2. The summed E-state index contributed by atoms with van der Waals surface area (Å²) >= 11 is 1.80. The van der Waals surface area contributed by atoms with Crippen LogP contribution in [0.5, 0.6) is 0 Å². The Morgan fingerprint density at radius 3 is 2.30 bits per heavy atom. The lowest BCUT2D eigenvalue weighted by atomic mass is 9.73. The van der Waals surface area contributed by atoms with Crippen LogP contribution in [0.4, 0.5) is 0 Å². The van der Waals surface area contributed by atoms with Gasteiger partial charge in [0, 0.05) is 34.8 Å². The molecule has 3 aliphatic rings. The smallest absolute Gasteiger partial charge is 0.229 e. The molecule has 8 nitrogen and oxygen atoms in total. The molecule has 2 saturated heterocycles. The fraction of sp³-hybridized carbons (Fsp3) is 0.488. The number of nitrogens with zero attached hydrogens (tertiary/aromatic N) is 4. The molecule has 5 aromatic rings. The van der Waals surface area contributed by atoms with E-state index >= 15 is 0 Å². The molecular formula is C43H51N6O2SSi. The molecule has 1 saturated carbocycles. The molecule has 2 aliphatic heterocycles. The number of aromatic nitrogens is 4. The van der Waals surface area contributed by atoms with Gasteiger partial charge in [0.05, 0.1) is 34.4 Å². The van der Waals surface area contributed by atoms with Gasteiger partial charge < -0.3 is 19.8 Å². The fourth-order valence-electron chi connectivity index (χ4n) is 8.66. The molecule has 2 aromatic heterocycles. The number of nitrogens with one attached hydrogen (secondary N) is 2. The minimum absolute atomic E-state index is 0.00128. The molecule has 8 rings (SSSR count). The molecule has 4 heterocycles. The van der Waals surface area contributed by atoms with E-state index in [1.807, 2.05) is 11.1 Å². The predicted octanol–water partition coefficient (Wildman–Crippen LogP) is 9.33. The maximum absolute atomic E-state index is 14.0. The number of imidazole rings is 2. The van der Waals surface area contributed by atoms with Gasteiger partial charge >= 0.3 is 0 Å². The number of H-pyrrole nitrogens is 2. The van der Waals surface area contributed by atoms with E-state index in [1.54, 1.807) is 11.8 Å². The van der Waals surface area contributed by atoms with Crippen LogP contribution in [0.2, 0.25) is 6.04 Å². The van der Waals surface area contributed by atoms with Crippen LogP contribution < -0.4 is 0 Å². The zero-order valence-electron chi connectivity index (χ0n) is 31.6. The van der Waals surface area contributed by atoms with E-state index in [-0.39, 0.29) is 34.6 Å². The van der Waals surface area contributed by atoms with Crippen molar-refractivity contribution in [2.45, 2.75) is 84.2 Å². The van der Waals surface area contributed by atoms with Crippen LogP contribution in [0.15, 0.2) is 60.8 Å². The zero-order valence-corrected chi connectivity index (χ0v) is 33.4. The van der Waals surface area contributed by atoms with Crippen LogP contribution in [0, 0.1) is 29.1 Å². The highest BCUT2D eigenvalue weighted by molar-refractivity contribution is 7.99. The van der Waals surface area contributed by atoms with Crippen LogP contribution in [0.3, 0.4) is 0 Å². The fourth-order valence-corrected chi connectivity index (χ4v) is 10.5. The third-order valence-electron chi connectivity index (χ3n) is 12.5. The summed E-state index contributed by atoms with van der Waals surface area (Å²) in [6.45, 7) is 12.4. The first-order chi connectivity index (χ1) is 25.6. The van der Waals surface area contributed by atoms with Gasteiger partial charge in [-0.05, 0) is 102 Å². The van der Waals surface area contributed by atoms with E-state index in [2.05, 4.69) is 114 Å². The lowest BCUT2D eigenvalue weighted by Crippen LogP contribution is -2.46. The van der Waals surface area contributed by atoms with Gasteiger partial charge in [0.2, 0.25) is 11.8 Å². The number of amides is 2. The largest absolute Gasteiger partial charge is 0.340 e. The highest BCUT2D eigenvalue weighted by Gasteiger charge is 2.52. The molecule has 2 N–H and O–H groups in total. The number of hydrogen-bond acceptors (Lipinski definition) is 5. The second kappa shape index (κ2) is 14.4. The van der Waals surface area contributed by atoms with Gasteiger partial charge in [-0.2, -0.15) is 0 Å². The summed E-state index contributed by atoms with van der Waals surface area (Å²) in [6.07, 6.45) is 7.19. The molecule has 0 spiro atoms. The Bertz CT molecular complexity index is 2150. The lowest BCUT2D eigenvalue weighted by Gasteiger charge is -2.38. The van der Waals surface area contributed by atoms with E-state index in [0.29, 0.717) is 23.8 Å². The number of carbonyl (C=O) groups is 2. The van der Waals surface area contributed by atoms with Gasteiger partial charge in [-0.25, -0.2) is 9.97 Å². The quantitative estimate of drug-likeness (QED) is 0.139. The van der Waals surface area contributed by atoms with Crippen LogP contribution in [0.25, 0.3) is 44.2 Å². The van der Waals surface area contributed by atoms with Crippen molar-refractivity contribution in [2.24, 2.45) is 29.1 Å². The van der Waals surface area contributed by atoms with Crippen LogP contribution in [-0.4, -0.2) is 70.6 Å². The Kier molecular flexibility index (Phi) is 9.81. The van der Waals surface area contributed by atoms with Gasteiger partial charge in [0.25, 0.3) is 0 Å². The van der Waals surface area contributed by atoms with Crippen molar-refractivity contribution in [1.82, 2.24) is 29.7 Å². The van der Waals surface area contributed by atoms with E-state index in [1.165, 1.54) is 0 Å². The third kappa shape index (κ3) is 6.64. The summed E-state index contributed by atoms with van der Waals surface area (Å²) in [6, 6.07) is 20.2. The van der Waals surface area contributed by atoms with Crippen molar-refractivity contribution >= 4 is 55.6 Å². The van der Waals surface area contributed by atoms with Crippen molar-refractivity contribution in [3.63, 3.8) is 0 Å². The average molecular weight is 744 g/mol. The minimum Gasteiger partial charge on any atom is -0.340 e. The number of rotatable bonds is 10. The standard InChI is InChI=1S/C43H51N6O2SSi/c1-25(2)33(24-53)40(50)49-18-7-19-52-41(49)39-45-34-16-13-30(22-35(34)46-39)28-9-10-29-21-31(12-11-27(29)20-28)36-23-44-38(47-36)37-8-6-17-48(37)42(51)43(5,26(3)4)32-14-15-32/h9-13,16,20-23,25-26,32-33,37,41H,6-8,14-15,17-19,24H2,1-5H3,(H,44,47)(H,45,46). The second-order valence-electron chi connectivity index (χ2n) is 16.3. The number of carbonyl (C=O) groups excluding carboxylic acids is 2. The van der Waals surface area contributed by atoms with Gasteiger partial charge in [0.1, 0.15) is 17.0 Å². The van der Waals surface area contributed by atoms with E-state index in [9.17, 15) is 9.59 Å². The van der Waals surface area contributed by atoms with Crippen LogP contribution in [-0.2, 0) is 9.59 Å². The van der Waals surface area contributed by atoms with Gasteiger partial charge in [-0.15, -0.1) is 11.8 Å². The molecule has 10 heteroatoms. The van der Waals surface area contributed by atoms with Crippen molar-refractivity contribution in [3.05, 3.63) is 72.4 Å². The van der Waals surface area contributed by atoms with Crippen molar-refractivity contribution in [3.8, 4) is 22.4 Å². The molecule has 2 amide bonds. The lowest BCUT2D eigenvalue weighted by molar-refractivity contribution is -0.146. The molecule has 1 aliphatic carbocycles. The van der Waals surface area contributed by atoms with Gasteiger partial charge in [-0.3, -0.25) is 9.59 Å². The van der Waals surface area contributed by atoms with Crippen LogP contribution >= 0.6 is 11.8 Å². The predicted molar refractivity (Wildman–Crippen MR) is 216 cm³/mol. The Morgan fingerprint density at radius 1 is 0.887 bits per heavy atom. The number of benzene rings is 3. The Labute approximate surface area is 320 Å². The third-order valence-corrected chi connectivity index (χ3v) is 14.2. The highest BCUT2D eigenvalue weighted by Crippen LogP contribution is 2.52. The second-order valence-corrected chi connectivity index (χ2v) is 17.9. The van der Waals surface area contributed by atoms with Crippen molar-refractivity contribution in [2.75, 3.05) is 18.8 Å². The molecular weight excluding hydrogens is 693 g/mol. The highest BCUT2D eigenvalue weighted by atomic mass is 32.2. The topological polar surface area (TPSA) is 98.0 Å². The maximum Gasteiger partial charge on any atom is 0.229 e. The van der Waals surface area contributed by atoms with Gasteiger partial charge in [-0.1, -0.05) is 71.0 Å². The minimum atomic E-state index is -0.302. The molecule has 53 heavy (non-hydrogen) atoms. The first kappa shape index (κ1) is 36.1. The molecule has 3 aromatic carbocycles. The Hall–Kier alpha value is -3.89. The molecule has 275 valence electrons. The molecule has 3 radical (unpaired) electrons. The Balaban J connectivity index is 1.01. The SMILES string of the molecule is CC(C)C(C[Si])C(=O)N1CCCSC1c1nc2ccc(-c3ccc4cc(-c5cnc(C6CCCN6C(=O)C(C)(C(C)C)C6CC6)[nH]5)ccc4c3)cc2[nH]1. The van der Waals surface area contributed by atoms with Crippen molar-refractivity contribution < 1.29 is 9.59 Å². The first-order valence-corrected chi connectivity index (χ1v) is 21.3. The summed E-state index contributed by atoms with van der Waals surface area (Å²) in [5, 5.41) is 2.21. The summed E-state index contributed by atoms with van der Waals surface area (Å²) in [5.41, 5.74) is 5.90. The maximum atomic E-state index is 14.0. The van der Waals surface area contributed by atoms with E-state index < -0.39 is 0 Å². The summed E-state index contributed by atoms with van der Waals surface area (Å²) in [7, 11) is 3.64. The summed E-state index contributed by atoms with van der Waals surface area (Å²) in [5.74, 6) is 4.27. The Morgan fingerprint density at radius 2 is 1.58 bits per heavy atom. The number of thioether (sulfide) groups is 1. The molecule has 3 fully saturated rings.